The van der Waals surface area contributed by atoms with Crippen molar-refractivity contribution in [2.45, 2.75) is 25.1 Å². The third-order valence-corrected chi connectivity index (χ3v) is 5.27. The number of carbonyl (C=O) groups is 2. The number of hydrogen-bond acceptors (Lipinski definition) is 5. The summed E-state index contributed by atoms with van der Waals surface area (Å²) in [5.74, 6) is -0.632. The summed E-state index contributed by atoms with van der Waals surface area (Å²) in [6.07, 6.45) is -3.52. The summed E-state index contributed by atoms with van der Waals surface area (Å²) >= 11 is 6.00. The highest BCUT2D eigenvalue weighted by atomic mass is 35.5. The molecule has 1 aromatic rings. The molecule has 2 saturated heterocycles. The van der Waals surface area contributed by atoms with Gasteiger partial charge >= 0.3 is 6.18 Å². The Labute approximate surface area is 164 Å². The van der Waals surface area contributed by atoms with E-state index in [4.69, 9.17) is 22.1 Å². The number of morpholine rings is 1. The molecule has 3 rings (SSSR count). The van der Waals surface area contributed by atoms with Crippen molar-refractivity contribution < 1.29 is 27.5 Å². The zero-order valence-corrected chi connectivity index (χ0v) is 15.7. The molecule has 3 heterocycles. The Morgan fingerprint density at radius 1 is 1.25 bits per heavy atom. The van der Waals surface area contributed by atoms with Crippen LogP contribution >= 0.6 is 11.6 Å². The molecule has 0 spiro atoms. The molecular weight excluding hydrogens is 401 g/mol. The highest BCUT2D eigenvalue weighted by Crippen LogP contribution is 2.34. The number of carbonyl (C=O) groups excluding carboxylic acids is 2. The number of piperidine rings is 1. The number of halogens is 4. The van der Waals surface area contributed by atoms with E-state index in [1.807, 2.05) is 0 Å². The zero-order chi connectivity index (χ0) is 20.5. The van der Waals surface area contributed by atoms with E-state index < -0.39 is 23.8 Å². The molecule has 0 saturated carbocycles. The minimum absolute atomic E-state index is 0.0688. The van der Waals surface area contributed by atoms with Crippen molar-refractivity contribution in [3.05, 3.63) is 22.8 Å². The van der Waals surface area contributed by atoms with Crippen molar-refractivity contribution in [2.24, 2.45) is 11.7 Å². The number of hydrogen-bond donors (Lipinski definition) is 1. The smallest absolute Gasteiger partial charge is 0.367 e. The Hall–Kier alpha value is -2.07. The topological polar surface area (TPSA) is 88.8 Å². The van der Waals surface area contributed by atoms with Crippen LogP contribution in [-0.2, 0) is 20.5 Å². The van der Waals surface area contributed by atoms with E-state index in [2.05, 4.69) is 4.98 Å². The van der Waals surface area contributed by atoms with E-state index in [0.29, 0.717) is 32.5 Å². The molecule has 1 unspecified atom stereocenters. The Bertz CT molecular complexity index is 754. The van der Waals surface area contributed by atoms with Crippen molar-refractivity contribution in [3.63, 3.8) is 0 Å². The Morgan fingerprint density at radius 3 is 2.50 bits per heavy atom. The van der Waals surface area contributed by atoms with Crippen LogP contribution in [-0.4, -0.2) is 60.6 Å². The summed E-state index contributed by atoms with van der Waals surface area (Å²) in [5.41, 5.74) is 4.34. The fourth-order valence-electron chi connectivity index (χ4n) is 3.44. The number of anilines is 1. The van der Waals surface area contributed by atoms with Crippen LogP contribution in [0.15, 0.2) is 12.3 Å². The molecule has 0 aromatic carbocycles. The van der Waals surface area contributed by atoms with E-state index in [0.717, 1.165) is 12.3 Å². The van der Waals surface area contributed by atoms with Crippen molar-refractivity contribution in [1.29, 1.82) is 0 Å². The van der Waals surface area contributed by atoms with Crippen molar-refractivity contribution >= 4 is 29.2 Å². The van der Waals surface area contributed by atoms with Crippen molar-refractivity contribution in [1.82, 2.24) is 9.88 Å². The second kappa shape index (κ2) is 8.12. The molecule has 2 amide bonds. The number of aromatic nitrogens is 1. The minimum atomic E-state index is -4.50. The predicted molar refractivity (Wildman–Crippen MR) is 94.7 cm³/mol. The molecule has 1 aromatic heterocycles. The van der Waals surface area contributed by atoms with Gasteiger partial charge in [-0.05, 0) is 18.9 Å². The Balaban J connectivity index is 1.60. The summed E-state index contributed by atoms with van der Waals surface area (Å²) in [7, 11) is 0. The molecule has 0 radical (unpaired) electrons. The Morgan fingerprint density at radius 2 is 1.93 bits per heavy atom. The lowest BCUT2D eigenvalue weighted by Crippen LogP contribution is -2.53. The highest BCUT2D eigenvalue weighted by molar-refractivity contribution is 6.33. The van der Waals surface area contributed by atoms with Gasteiger partial charge in [0.15, 0.2) is 6.10 Å². The third-order valence-electron chi connectivity index (χ3n) is 4.99. The summed E-state index contributed by atoms with van der Waals surface area (Å²) < 4.78 is 43.5. The molecule has 0 aliphatic carbocycles. The molecule has 11 heteroatoms. The van der Waals surface area contributed by atoms with Gasteiger partial charge in [0.1, 0.15) is 5.82 Å². The van der Waals surface area contributed by atoms with Gasteiger partial charge in [-0.25, -0.2) is 4.98 Å². The number of ether oxygens (including phenoxy) is 1. The van der Waals surface area contributed by atoms with Crippen molar-refractivity contribution in [2.75, 3.05) is 37.7 Å². The van der Waals surface area contributed by atoms with Gasteiger partial charge in [0.05, 0.1) is 23.7 Å². The van der Waals surface area contributed by atoms with Crippen LogP contribution in [0, 0.1) is 5.92 Å². The fraction of sp³-hybridized carbons (Fsp3) is 0.588. The van der Waals surface area contributed by atoms with Crippen LogP contribution in [0.4, 0.5) is 19.0 Å². The lowest BCUT2D eigenvalue weighted by Gasteiger charge is -2.37. The van der Waals surface area contributed by atoms with Gasteiger partial charge in [-0.3, -0.25) is 9.59 Å². The van der Waals surface area contributed by atoms with Gasteiger partial charge in [0.2, 0.25) is 11.8 Å². The number of primary amides is 1. The van der Waals surface area contributed by atoms with Crippen LogP contribution in [0.25, 0.3) is 0 Å². The molecule has 2 aliphatic rings. The molecule has 154 valence electrons. The number of rotatable bonds is 3. The maximum absolute atomic E-state index is 12.7. The second-order valence-corrected chi connectivity index (χ2v) is 7.24. The molecule has 2 aliphatic heterocycles. The largest absolute Gasteiger partial charge is 0.417 e. The summed E-state index contributed by atoms with van der Waals surface area (Å²) in [6.45, 7) is 1.68. The number of nitrogens with two attached hydrogens (primary N) is 1. The van der Waals surface area contributed by atoms with Crippen LogP contribution < -0.4 is 10.6 Å². The first-order valence-electron chi connectivity index (χ1n) is 8.84. The Kier molecular flexibility index (Phi) is 5.99. The first kappa shape index (κ1) is 20.7. The van der Waals surface area contributed by atoms with E-state index in [-0.39, 0.29) is 35.8 Å². The molecule has 2 N–H and O–H groups in total. The quantitative estimate of drug-likeness (QED) is 0.803. The fourth-order valence-corrected chi connectivity index (χ4v) is 3.72. The zero-order valence-electron chi connectivity index (χ0n) is 14.9. The maximum atomic E-state index is 12.7. The van der Waals surface area contributed by atoms with Crippen LogP contribution in [0.1, 0.15) is 18.4 Å². The molecule has 0 bridgehead atoms. The lowest BCUT2D eigenvalue weighted by atomic mass is 9.95. The van der Waals surface area contributed by atoms with Gasteiger partial charge in [-0.2, -0.15) is 13.2 Å². The summed E-state index contributed by atoms with van der Waals surface area (Å²) in [5, 5.41) is -0.0721. The van der Waals surface area contributed by atoms with Crippen LogP contribution in [0.5, 0.6) is 0 Å². The first-order valence-corrected chi connectivity index (χ1v) is 9.22. The number of nitrogens with zero attached hydrogens (tertiary/aromatic N) is 3. The SMILES string of the molecule is NC(=O)C1CN(C(=O)C2CCN(c3ncc(C(F)(F)F)cc3Cl)CC2)CCO1. The van der Waals surface area contributed by atoms with Crippen LogP contribution in [0.2, 0.25) is 5.02 Å². The van der Waals surface area contributed by atoms with Gasteiger partial charge < -0.3 is 20.3 Å². The molecule has 1 atom stereocenters. The van der Waals surface area contributed by atoms with Gasteiger partial charge in [-0.15, -0.1) is 0 Å². The number of amides is 2. The lowest BCUT2D eigenvalue weighted by molar-refractivity contribution is -0.148. The molecule has 2 fully saturated rings. The van der Waals surface area contributed by atoms with Gasteiger partial charge in [0, 0.05) is 31.7 Å². The first-order chi connectivity index (χ1) is 13.2. The normalized spacial score (nSPS) is 21.6. The second-order valence-electron chi connectivity index (χ2n) is 6.83. The highest BCUT2D eigenvalue weighted by Gasteiger charge is 2.35. The maximum Gasteiger partial charge on any atom is 0.417 e. The summed E-state index contributed by atoms with van der Waals surface area (Å²) in [4.78, 5) is 31.2. The number of pyridine rings is 1. The van der Waals surface area contributed by atoms with Crippen molar-refractivity contribution in [3.8, 4) is 0 Å². The van der Waals surface area contributed by atoms with Gasteiger partial charge in [-0.1, -0.05) is 11.6 Å². The van der Waals surface area contributed by atoms with Gasteiger partial charge in [0.25, 0.3) is 0 Å². The third kappa shape index (κ3) is 4.49. The van der Waals surface area contributed by atoms with E-state index in [9.17, 15) is 22.8 Å². The summed E-state index contributed by atoms with van der Waals surface area (Å²) in [6, 6.07) is 0.860. The van der Waals surface area contributed by atoms with E-state index >= 15 is 0 Å². The predicted octanol–water partition coefficient (Wildman–Crippen LogP) is 1.68. The average molecular weight is 421 g/mol. The molecule has 28 heavy (non-hydrogen) atoms. The van der Waals surface area contributed by atoms with E-state index in [1.54, 1.807) is 9.80 Å². The average Bonchev–Trinajstić information content (AvgIpc) is 2.67. The monoisotopic (exact) mass is 420 g/mol. The minimum Gasteiger partial charge on any atom is -0.367 e. The molecule has 7 nitrogen and oxygen atoms in total. The standard InChI is InChI=1S/C17H20ClF3N4O3/c18-12-7-11(17(19,20)21)8-23-15(12)24-3-1-10(2-4-24)16(27)25-5-6-28-13(9-25)14(22)26/h7-8,10,13H,1-6,9H2,(H2,22,26). The van der Waals surface area contributed by atoms with Crippen LogP contribution in [0.3, 0.4) is 0 Å². The van der Waals surface area contributed by atoms with E-state index in [1.165, 1.54) is 0 Å². The molecular formula is C17H20ClF3N4O3. The number of alkyl halides is 3.